The quantitative estimate of drug-likeness (QED) is 0.781. The number of aromatic nitrogens is 1. The van der Waals surface area contributed by atoms with Crippen LogP contribution in [0.4, 0.5) is 0 Å². The van der Waals surface area contributed by atoms with Crippen LogP contribution in [0.1, 0.15) is 24.1 Å². The van der Waals surface area contributed by atoms with Gasteiger partial charge in [0.05, 0.1) is 13.2 Å². The summed E-state index contributed by atoms with van der Waals surface area (Å²) >= 11 is 0. The normalized spacial score (nSPS) is 12.3. The van der Waals surface area contributed by atoms with Crippen LogP contribution in [0.15, 0.2) is 54.7 Å². The van der Waals surface area contributed by atoms with Gasteiger partial charge >= 0.3 is 0 Å². The summed E-state index contributed by atoms with van der Waals surface area (Å²) in [6.45, 7) is 3.50. The molecule has 0 saturated heterocycles. The van der Waals surface area contributed by atoms with E-state index in [0.717, 1.165) is 5.69 Å². The predicted octanol–water partition coefficient (Wildman–Crippen LogP) is 3.40. The molecule has 1 aromatic heterocycles. The van der Waals surface area contributed by atoms with Crippen molar-refractivity contribution in [3.63, 3.8) is 0 Å². The van der Waals surface area contributed by atoms with Gasteiger partial charge in [-0.1, -0.05) is 43.3 Å². The lowest BCUT2D eigenvalue weighted by Crippen LogP contribution is -2.06. The van der Waals surface area contributed by atoms with Crippen molar-refractivity contribution in [2.45, 2.75) is 19.4 Å². The van der Waals surface area contributed by atoms with E-state index in [0.29, 0.717) is 19.1 Å². The van der Waals surface area contributed by atoms with Crippen LogP contribution in [0.5, 0.6) is 0 Å². The maximum absolute atomic E-state index is 5.70. The van der Waals surface area contributed by atoms with Gasteiger partial charge in [0, 0.05) is 17.8 Å². The summed E-state index contributed by atoms with van der Waals surface area (Å²) in [5, 5.41) is 0. The van der Waals surface area contributed by atoms with Gasteiger partial charge in [0.15, 0.2) is 0 Å². The molecule has 17 heavy (non-hydrogen) atoms. The molecule has 88 valence electrons. The maximum Gasteiger partial charge on any atom is 0.0717 e. The zero-order valence-electron chi connectivity index (χ0n) is 10.0. The molecule has 1 unspecified atom stereocenters. The van der Waals surface area contributed by atoms with Gasteiger partial charge in [0.25, 0.3) is 0 Å². The van der Waals surface area contributed by atoms with Crippen molar-refractivity contribution >= 4 is 0 Å². The second-order valence-electron chi connectivity index (χ2n) is 4.16. The van der Waals surface area contributed by atoms with Crippen LogP contribution < -0.4 is 0 Å². The Morgan fingerprint density at radius 1 is 1.06 bits per heavy atom. The highest BCUT2D eigenvalue weighted by molar-refractivity contribution is 5.13. The Morgan fingerprint density at radius 3 is 2.53 bits per heavy atom. The molecule has 2 nitrogen and oxygen atoms in total. The second-order valence-corrected chi connectivity index (χ2v) is 4.16. The fourth-order valence-corrected chi connectivity index (χ4v) is 1.68. The highest BCUT2D eigenvalue weighted by atomic mass is 16.5. The van der Waals surface area contributed by atoms with E-state index in [1.165, 1.54) is 5.56 Å². The number of rotatable bonds is 5. The van der Waals surface area contributed by atoms with Gasteiger partial charge in [0.2, 0.25) is 0 Å². The van der Waals surface area contributed by atoms with Crippen LogP contribution in [0, 0.1) is 0 Å². The third-order valence-corrected chi connectivity index (χ3v) is 2.67. The molecule has 1 atom stereocenters. The molecule has 2 rings (SSSR count). The van der Waals surface area contributed by atoms with Gasteiger partial charge in [-0.05, 0) is 17.7 Å². The number of benzene rings is 1. The van der Waals surface area contributed by atoms with Gasteiger partial charge in [-0.3, -0.25) is 4.98 Å². The average Bonchev–Trinajstić information content (AvgIpc) is 2.41. The summed E-state index contributed by atoms with van der Waals surface area (Å²) in [7, 11) is 0. The smallest absolute Gasteiger partial charge is 0.0717 e. The molecular formula is C15H17NO. The molecule has 2 aromatic rings. The molecule has 0 saturated carbocycles. The van der Waals surface area contributed by atoms with E-state index in [1.54, 1.807) is 0 Å². The molecular weight excluding hydrogens is 210 g/mol. The number of hydrogen-bond donors (Lipinski definition) is 0. The maximum atomic E-state index is 5.70. The first-order valence-electron chi connectivity index (χ1n) is 5.89. The lowest BCUT2D eigenvalue weighted by molar-refractivity contribution is 0.109. The van der Waals surface area contributed by atoms with Gasteiger partial charge in [0.1, 0.15) is 0 Å². The fourth-order valence-electron chi connectivity index (χ4n) is 1.68. The van der Waals surface area contributed by atoms with E-state index in [2.05, 4.69) is 24.0 Å². The topological polar surface area (TPSA) is 22.1 Å². The van der Waals surface area contributed by atoms with Crippen molar-refractivity contribution in [2.75, 3.05) is 6.61 Å². The largest absolute Gasteiger partial charge is 0.376 e. The minimum absolute atomic E-state index is 0.333. The standard InChI is InChI=1S/C15H17NO/c1-13(15-9-5-6-10-16-15)11-17-12-14-7-3-2-4-8-14/h2-10,13H,11-12H2,1H3. The van der Waals surface area contributed by atoms with Crippen LogP contribution in [0.3, 0.4) is 0 Å². The first kappa shape index (κ1) is 11.8. The fraction of sp³-hybridized carbons (Fsp3) is 0.267. The summed E-state index contributed by atoms with van der Waals surface area (Å²) in [6.07, 6.45) is 1.82. The number of nitrogens with zero attached hydrogens (tertiary/aromatic N) is 1. The van der Waals surface area contributed by atoms with Crippen molar-refractivity contribution in [3.8, 4) is 0 Å². The molecule has 0 N–H and O–H groups in total. The average molecular weight is 227 g/mol. The summed E-state index contributed by atoms with van der Waals surface area (Å²) in [4.78, 5) is 4.32. The number of hydrogen-bond acceptors (Lipinski definition) is 2. The van der Waals surface area contributed by atoms with Crippen LogP contribution in [0.2, 0.25) is 0 Å². The van der Waals surface area contributed by atoms with E-state index in [1.807, 2.05) is 42.6 Å². The Balaban J connectivity index is 1.79. The molecule has 0 aliphatic heterocycles. The van der Waals surface area contributed by atoms with Crippen molar-refractivity contribution in [1.29, 1.82) is 0 Å². The van der Waals surface area contributed by atoms with E-state index in [4.69, 9.17) is 4.74 Å². The van der Waals surface area contributed by atoms with Crippen LogP contribution >= 0.6 is 0 Å². The van der Waals surface area contributed by atoms with Crippen molar-refractivity contribution < 1.29 is 4.74 Å². The molecule has 0 spiro atoms. The minimum Gasteiger partial charge on any atom is -0.376 e. The highest BCUT2D eigenvalue weighted by Gasteiger charge is 2.06. The van der Waals surface area contributed by atoms with E-state index >= 15 is 0 Å². The third kappa shape index (κ3) is 3.68. The minimum atomic E-state index is 0.333. The lowest BCUT2D eigenvalue weighted by Gasteiger charge is -2.11. The van der Waals surface area contributed by atoms with Crippen molar-refractivity contribution in [3.05, 3.63) is 66.0 Å². The van der Waals surface area contributed by atoms with Crippen molar-refractivity contribution in [1.82, 2.24) is 4.98 Å². The number of ether oxygens (including phenoxy) is 1. The third-order valence-electron chi connectivity index (χ3n) is 2.67. The first-order valence-corrected chi connectivity index (χ1v) is 5.89. The highest BCUT2D eigenvalue weighted by Crippen LogP contribution is 2.12. The Morgan fingerprint density at radius 2 is 1.82 bits per heavy atom. The molecule has 0 fully saturated rings. The van der Waals surface area contributed by atoms with Gasteiger partial charge < -0.3 is 4.74 Å². The molecule has 0 bridgehead atoms. The number of pyridine rings is 1. The van der Waals surface area contributed by atoms with Crippen LogP contribution in [0.25, 0.3) is 0 Å². The SMILES string of the molecule is CC(COCc1ccccc1)c1ccccn1. The van der Waals surface area contributed by atoms with E-state index < -0.39 is 0 Å². The molecule has 1 aromatic carbocycles. The summed E-state index contributed by atoms with van der Waals surface area (Å²) < 4.78 is 5.70. The Hall–Kier alpha value is -1.67. The zero-order chi connectivity index (χ0) is 11.9. The molecule has 0 aliphatic rings. The lowest BCUT2D eigenvalue weighted by atomic mass is 10.1. The zero-order valence-corrected chi connectivity index (χ0v) is 10.0. The summed E-state index contributed by atoms with van der Waals surface area (Å²) in [5.41, 5.74) is 2.29. The predicted molar refractivity (Wildman–Crippen MR) is 68.8 cm³/mol. The summed E-state index contributed by atoms with van der Waals surface area (Å²) in [6, 6.07) is 16.2. The molecule has 0 amide bonds. The van der Waals surface area contributed by atoms with Gasteiger partial charge in [-0.25, -0.2) is 0 Å². The first-order chi connectivity index (χ1) is 8.36. The molecule has 2 heteroatoms. The Bertz CT molecular complexity index is 427. The Labute approximate surface area is 102 Å². The van der Waals surface area contributed by atoms with E-state index in [-0.39, 0.29) is 0 Å². The second kappa shape index (κ2) is 6.16. The molecule has 0 aliphatic carbocycles. The Kier molecular flexibility index (Phi) is 4.28. The van der Waals surface area contributed by atoms with Crippen LogP contribution in [-0.2, 0) is 11.3 Å². The molecule has 0 radical (unpaired) electrons. The van der Waals surface area contributed by atoms with Crippen LogP contribution in [-0.4, -0.2) is 11.6 Å². The van der Waals surface area contributed by atoms with Crippen molar-refractivity contribution in [2.24, 2.45) is 0 Å². The molecule has 1 heterocycles. The summed E-state index contributed by atoms with van der Waals surface area (Å²) in [5.74, 6) is 0.333. The van der Waals surface area contributed by atoms with E-state index in [9.17, 15) is 0 Å². The van der Waals surface area contributed by atoms with Gasteiger partial charge in [-0.15, -0.1) is 0 Å². The van der Waals surface area contributed by atoms with Gasteiger partial charge in [-0.2, -0.15) is 0 Å². The monoisotopic (exact) mass is 227 g/mol.